The van der Waals surface area contributed by atoms with E-state index in [1.165, 1.54) is 4.90 Å². The molecule has 2 aromatic rings. The first kappa shape index (κ1) is 13.8. The van der Waals surface area contributed by atoms with Crippen LogP contribution in [0.15, 0.2) is 45.1 Å². The average Bonchev–Trinajstić information content (AvgIpc) is 2.76. The van der Waals surface area contributed by atoms with Crippen LogP contribution in [-0.2, 0) is 6.42 Å². The number of hydrogen-bond acceptors (Lipinski definition) is 3. The minimum absolute atomic E-state index is 0.172. The smallest absolute Gasteiger partial charge is 0.168 e. The summed E-state index contributed by atoms with van der Waals surface area (Å²) in [5.74, 6) is 1.22. The lowest BCUT2D eigenvalue weighted by Crippen LogP contribution is -2.02. The summed E-state index contributed by atoms with van der Waals surface area (Å²) in [6.07, 6.45) is 0.471. The molecule has 0 aliphatic heterocycles. The Balaban J connectivity index is 2.07. The monoisotopic (exact) mass is 340 g/mol. The fraction of sp³-hybridized carbons (Fsp3) is 0.214. The van der Waals surface area contributed by atoms with E-state index in [0.29, 0.717) is 6.42 Å². The largest absolute Gasteiger partial charge is 0.294 e. The van der Waals surface area contributed by atoms with E-state index < -0.39 is 0 Å². The Morgan fingerprint density at radius 2 is 2.00 bits per heavy atom. The Labute approximate surface area is 124 Å². The number of benzene rings is 1. The number of ketones is 1. The summed E-state index contributed by atoms with van der Waals surface area (Å²) < 4.78 is 1.03. The summed E-state index contributed by atoms with van der Waals surface area (Å²) in [6, 6.07) is 9.85. The Morgan fingerprint density at radius 3 is 2.56 bits per heavy atom. The van der Waals surface area contributed by atoms with E-state index >= 15 is 0 Å². The number of Topliss-reactive ketones (excluding diaryl/α,β-unsaturated/α-hetero) is 1. The number of carbonyl (C=O) groups excluding carboxylic acids is 1. The van der Waals surface area contributed by atoms with Gasteiger partial charge in [0.1, 0.15) is 0 Å². The Kier molecular flexibility index (Phi) is 5.03. The van der Waals surface area contributed by atoms with Gasteiger partial charge in [0.05, 0.1) is 0 Å². The third kappa shape index (κ3) is 3.46. The fourth-order valence-corrected chi connectivity index (χ4v) is 3.76. The number of halogens is 1. The highest BCUT2D eigenvalue weighted by molar-refractivity contribution is 9.10. The van der Waals surface area contributed by atoms with Gasteiger partial charge in [-0.1, -0.05) is 19.1 Å². The molecule has 1 heterocycles. The van der Waals surface area contributed by atoms with Crippen molar-refractivity contribution in [2.24, 2.45) is 0 Å². The van der Waals surface area contributed by atoms with Gasteiger partial charge in [0.25, 0.3) is 0 Å². The van der Waals surface area contributed by atoms with E-state index in [2.05, 4.69) is 22.9 Å². The number of thiophene rings is 1. The molecule has 0 fully saturated rings. The molecule has 2 rings (SSSR count). The van der Waals surface area contributed by atoms with Crippen molar-refractivity contribution in [2.75, 3.05) is 5.75 Å². The molecular formula is C14H13BrOS2. The fourth-order valence-electron chi connectivity index (χ4n) is 1.60. The van der Waals surface area contributed by atoms with Crippen LogP contribution >= 0.6 is 39.0 Å². The second kappa shape index (κ2) is 6.55. The van der Waals surface area contributed by atoms with Gasteiger partial charge < -0.3 is 0 Å². The maximum Gasteiger partial charge on any atom is 0.168 e. The Bertz CT molecular complexity index is 531. The van der Waals surface area contributed by atoms with Crippen LogP contribution < -0.4 is 0 Å². The molecule has 1 nitrogen and oxygen atoms in total. The van der Waals surface area contributed by atoms with E-state index in [9.17, 15) is 4.79 Å². The van der Waals surface area contributed by atoms with Crippen molar-refractivity contribution < 1.29 is 4.79 Å². The summed E-state index contributed by atoms with van der Waals surface area (Å²) >= 11 is 6.85. The molecule has 18 heavy (non-hydrogen) atoms. The zero-order valence-corrected chi connectivity index (χ0v) is 13.2. The van der Waals surface area contributed by atoms with Gasteiger partial charge >= 0.3 is 0 Å². The summed E-state index contributed by atoms with van der Waals surface area (Å²) in [7, 11) is 0. The molecule has 0 saturated heterocycles. The average molecular weight is 341 g/mol. The molecule has 0 bridgehead atoms. The van der Waals surface area contributed by atoms with Crippen molar-refractivity contribution in [1.82, 2.24) is 0 Å². The molecule has 0 saturated carbocycles. The molecule has 0 N–H and O–H groups in total. The predicted octanol–water partition coefficient (Wildman–Crippen LogP) is 5.05. The van der Waals surface area contributed by atoms with Gasteiger partial charge in [-0.05, 0) is 45.3 Å². The molecule has 0 aliphatic rings. The minimum atomic E-state index is 0.172. The number of rotatable bonds is 5. The molecule has 1 aromatic carbocycles. The van der Waals surface area contributed by atoms with Crippen molar-refractivity contribution in [1.29, 1.82) is 0 Å². The normalized spacial score (nSPS) is 10.6. The third-order valence-electron chi connectivity index (χ3n) is 2.50. The van der Waals surface area contributed by atoms with Gasteiger partial charge in [0.2, 0.25) is 0 Å². The molecule has 0 aliphatic carbocycles. The molecule has 94 valence electrons. The quantitative estimate of drug-likeness (QED) is 0.559. The first-order valence-electron chi connectivity index (χ1n) is 5.68. The molecular weight excluding hydrogens is 328 g/mol. The lowest BCUT2D eigenvalue weighted by atomic mass is 10.1. The second-order valence-electron chi connectivity index (χ2n) is 3.75. The van der Waals surface area contributed by atoms with Gasteiger partial charge in [-0.25, -0.2) is 0 Å². The molecule has 1 aromatic heterocycles. The third-order valence-corrected chi connectivity index (χ3v) is 5.32. The summed E-state index contributed by atoms with van der Waals surface area (Å²) in [5, 5.41) is 1.99. The van der Waals surface area contributed by atoms with Crippen molar-refractivity contribution in [3.05, 3.63) is 50.6 Å². The first-order valence-corrected chi connectivity index (χ1v) is 8.34. The maximum absolute atomic E-state index is 12.1. The lowest BCUT2D eigenvalue weighted by Gasteiger charge is -2.02. The SMILES string of the molecule is CCSc1ccc(C(=O)Cc2sccc2Br)cc1. The van der Waals surface area contributed by atoms with E-state index in [1.807, 2.05) is 35.7 Å². The Morgan fingerprint density at radius 1 is 1.28 bits per heavy atom. The van der Waals surface area contributed by atoms with Crippen LogP contribution in [0.2, 0.25) is 0 Å². The number of hydrogen-bond donors (Lipinski definition) is 0. The first-order chi connectivity index (χ1) is 8.70. The van der Waals surface area contributed by atoms with Crippen LogP contribution in [0.5, 0.6) is 0 Å². The van der Waals surface area contributed by atoms with Gasteiger partial charge in [-0.15, -0.1) is 23.1 Å². The lowest BCUT2D eigenvalue weighted by molar-refractivity contribution is 0.0993. The van der Waals surface area contributed by atoms with Crippen LogP contribution in [0, 0.1) is 0 Å². The predicted molar refractivity (Wildman–Crippen MR) is 82.9 cm³/mol. The van der Waals surface area contributed by atoms with Crippen molar-refractivity contribution in [3.63, 3.8) is 0 Å². The number of carbonyl (C=O) groups is 1. The van der Waals surface area contributed by atoms with Crippen LogP contribution in [-0.4, -0.2) is 11.5 Å². The van der Waals surface area contributed by atoms with Gasteiger partial charge in [0.15, 0.2) is 5.78 Å². The molecule has 0 radical (unpaired) electrons. The van der Waals surface area contributed by atoms with Crippen molar-refractivity contribution in [2.45, 2.75) is 18.2 Å². The number of thioether (sulfide) groups is 1. The van der Waals surface area contributed by atoms with Crippen LogP contribution in [0.4, 0.5) is 0 Å². The maximum atomic E-state index is 12.1. The van der Waals surface area contributed by atoms with Gasteiger partial charge in [0, 0.05) is 26.2 Å². The van der Waals surface area contributed by atoms with Crippen molar-refractivity contribution >= 4 is 44.8 Å². The summed E-state index contributed by atoms with van der Waals surface area (Å²) in [5.41, 5.74) is 0.788. The van der Waals surface area contributed by atoms with Gasteiger partial charge in [-0.3, -0.25) is 4.79 Å². The molecule has 0 unspecified atom stereocenters. The van der Waals surface area contributed by atoms with Crippen LogP contribution in [0.1, 0.15) is 22.2 Å². The highest BCUT2D eigenvalue weighted by Crippen LogP contribution is 2.25. The van der Waals surface area contributed by atoms with Gasteiger partial charge in [-0.2, -0.15) is 0 Å². The highest BCUT2D eigenvalue weighted by atomic mass is 79.9. The van der Waals surface area contributed by atoms with E-state index in [-0.39, 0.29) is 5.78 Å². The topological polar surface area (TPSA) is 17.1 Å². The summed E-state index contributed by atoms with van der Waals surface area (Å²) in [6.45, 7) is 2.12. The van der Waals surface area contributed by atoms with Crippen LogP contribution in [0.25, 0.3) is 0 Å². The molecule has 4 heteroatoms. The second-order valence-corrected chi connectivity index (χ2v) is 6.94. The molecule has 0 atom stereocenters. The van der Waals surface area contributed by atoms with E-state index in [4.69, 9.17) is 0 Å². The van der Waals surface area contributed by atoms with Crippen LogP contribution in [0.3, 0.4) is 0 Å². The zero-order valence-electron chi connectivity index (χ0n) is 9.98. The van der Waals surface area contributed by atoms with E-state index in [0.717, 1.165) is 20.7 Å². The Hall–Kier alpha value is -0.580. The standard InChI is InChI=1S/C14H13BrOS2/c1-2-17-11-5-3-10(4-6-11)13(16)9-14-12(15)7-8-18-14/h3-8H,2,9H2,1H3. The molecule has 0 amide bonds. The summed E-state index contributed by atoms with van der Waals surface area (Å²) in [4.78, 5) is 14.4. The zero-order chi connectivity index (χ0) is 13.0. The highest BCUT2D eigenvalue weighted by Gasteiger charge is 2.10. The van der Waals surface area contributed by atoms with Crippen molar-refractivity contribution in [3.8, 4) is 0 Å². The van der Waals surface area contributed by atoms with E-state index in [1.54, 1.807) is 23.1 Å². The molecule has 0 spiro atoms. The minimum Gasteiger partial charge on any atom is -0.294 e.